The number of carboxylic acids is 1. The topological polar surface area (TPSA) is 55.1 Å². The van der Waals surface area contributed by atoms with Crippen LogP contribution >= 0.6 is 0 Å². The number of aromatic nitrogens is 2. The maximum Gasteiger partial charge on any atom is 0.354 e. The zero-order valence-corrected chi connectivity index (χ0v) is 8.61. The standard InChI is InChI=1S/C10H14N2O2/c1-7(2)4-5-12-8(3)11-6-9(12)10(13)14/h4,6H,5H2,1-3H3,(H,13,14). The largest absolute Gasteiger partial charge is 0.477 e. The fourth-order valence-corrected chi connectivity index (χ4v) is 1.14. The first-order valence-electron chi connectivity index (χ1n) is 4.41. The third-order valence-electron chi connectivity index (χ3n) is 1.96. The summed E-state index contributed by atoms with van der Waals surface area (Å²) in [7, 11) is 0. The van der Waals surface area contributed by atoms with E-state index in [1.807, 2.05) is 19.9 Å². The van der Waals surface area contributed by atoms with Crippen molar-refractivity contribution in [3.05, 3.63) is 29.4 Å². The predicted octanol–water partition coefficient (Wildman–Crippen LogP) is 1.86. The van der Waals surface area contributed by atoms with Crippen molar-refractivity contribution in [2.45, 2.75) is 27.3 Å². The number of carboxylic acid groups (broad SMARTS) is 1. The maximum atomic E-state index is 10.8. The monoisotopic (exact) mass is 194 g/mol. The quantitative estimate of drug-likeness (QED) is 0.747. The van der Waals surface area contributed by atoms with Crippen LogP contribution in [0.1, 0.15) is 30.2 Å². The van der Waals surface area contributed by atoms with Gasteiger partial charge in [-0.2, -0.15) is 0 Å². The number of imidazole rings is 1. The lowest BCUT2D eigenvalue weighted by Crippen LogP contribution is -2.09. The first-order valence-corrected chi connectivity index (χ1v) is 4.41. The fourth-order valence-electron chi connectivity index (χ4n) is 1.14. The van der Waals surface area contributed by atoms with Crippen molar-refractivity contribution >= 4 is 5.97 Å². The van der Waals surface area contributed by atoms with Crippen LogP contribution in [-0.4, -0.2) is 20.6 Å². The van der Waals surface area contributed by atoms with Gasteiger partial charge in [-0.05, 0) is 20.8 Å². The Morgan fingerprint density at radius 3 is 2.79 bits per heavy atom. The Kier molecular flexibility index (Phi) is 3.06. The molecule has 0 saturated carbocycles. The molecule has 0 aliphatic carbocycles. The van der Waals surface area contributed by atoms with Gasteiger partial charge in [-0.25, -0.2) is 9.78 Å². The highest BCUT2D eigenvalue weighted by Gasteiger charge is 2.11. The molecular formula is C10H14N2O2. The second kappa shape index (κ2) is 4.09. The summed E-state index contributed by atoms with van der Waals surface area (Å²) in [5.41, 5.74) is 1.40. The second-order valence-corrected chi connectivity index (χ2v) is 3.39. The molecule has 0 spiro atoms. The van der Waals surface area contributed by atoms with Crippen LogP contribution in [0, 0.1) is 6.92 Å². The van der Waals surface area contributed by atoms with Crippen LogP contribution in [0.15, 0.2) is 17.8 Å². The average Bonchev–Trinajstić information content (AvgIpc) is 2.43. The molecule has 0 aromatic carbocycles. The van der Waals surface area contributed by atoms with E-state index in [0.29, 0.717) is 6.54 Å². The molecular weight excluding hydrogens is 180 g/mol. The van der Waals surface area contributed by atoms with Crippen molar-refractivity contribution in [3.8, 4) is 0 Å². The van der Waals surface area contributed by atoms with Gasteiger partial charge >= 0.3 is 5.97 Å². The van der Waals surface area contributed by atoms with Crippen LogP contribution < -0.4 is 0 Å². The first kappa shape index (κ1) is 10.5. The fraction of sp³-hybridized carbons (Fsp3) is 0.400. The molecule has 0 unspecified atom stereocenters. The van der Waals surface area contributed by atoms with Gasteiger partial charge in [0.2, 0.25) is 0 Å². The van der Waals surface area contributed by atoms with Crippen molar-refractivity contribution in [2.75, 3.05) is 0 Å². The Bertz CT molecular complexity index is 373. The van der Waals surface area contributed by atoms with E-state index in [2.05, 4.69) is 4.98 Å². The Morgan fingerprint density at radius 2 is 2.29 bits per heavy atom. The molecule has 1 heterocycles. The molecule has 76 valence electrons. The van der Waals surface area contributed by atoms with E-state index in [-0.39, 0.29) is 5.69 Å². The Labute approximate surface area is 82.9 Å². The van der Waals surface area contributed by atoms with Crippen LogP contribution in [0.2, 0.25) is 0 Å². The van der Waals surface area contributed by atoms with Crippen LogP contribution in [0.4, 0.5) is 0 Å². The van der Waals surface area contributed by atoms with Gasteiger partial charge in [0, 0.05) is 6.54 Å². The molecule has 0 aliphatic rings. The normalized spacial score (nSPS) is 9.93. The van der Waals surface area contributed by atoms with Gasteiger partial charge in [0.05, 0.1) is 6.20 Å². The number of hydrogen-bond donors (Lipinski definition) is 1. The summed E-state index contributed by atoms with van der Waals surface area (Å²) in [6.45, 7) is 6.32. The highest BCUT2D eigenvalue weighted by atomic mass is 16.4. The number of rotatable bonds is 3. The molecule has 1 rings (SSSR count). The van der Waals surface area contributed by atoms with Crippen LogP contribution in [0.5, 0.6) is 0 Å². The summed E-state index contributed by atoms with van der Waals surface area (Å²) in [6.07, 6.45) is 3.36. The van der Waals surface area contributed by atoms with Crippen LogP contribution in [0.3, 0.4) is 0 Å². The number of nitrogens with zero attached hydrogens (tertiary/aromatic N) is 2. The van der Waals surface area contributed by atoms with E-state index in [1.165, 1.54) is 6.20 Å². The molecule has 4 heteroatoms. The van der Waals surface area contributed by atoms with E-state index in [4.69, 9.17) is 5.11 Å². The van der Waals surface area contributed by atoms with Crippen molar-refractivity contribution in [3.63, 3.8) is 0 Å². The SMILES string of the molecule is CC(C)=CCn1c(C(=O)O)cnc1C. The molecule has 0 atom stereocenters. The maximum absolute atomic E-state index is 10.8. The van der Waals surface area contributed by atoms with Crippen molar-refractivity contribution < 1.29 is 9.90 Å². The molecule has 0 saturated heterocycles. The zero-order chi connectivity index (χ0) is 10.7. The summed E-state index contributed by atoms with van der Waals surface area (Å²) in [5.74, 6) is -0.215. The molecule has 0 aliphatic heterocycles. The molecule has 1 N–H and O–H groups in total. The number of aromatic carboxylic acids is 1. The highest BCUT2D eigenvalue weighted by Crippen LogP contribution is 2.05. The summed E-state index contributed by atoms with van der Waals surface area (Å²) < 4.78 is 1.68. The van der Waals surface area contributed by atoms with Crippen molar-refractivity contribution in [2.24, 2.45) is 0 Å². The molecule has 1 aromatic rings. The van der Waals surface area contributed by atoms with Gasteiger partial charge in [-0.1, -0.05) is 11.6 Å². The molecule has 0 radical (unpaired) electrons. The van der Waals surface area contributed by atoms with E-state index in [0.717, 1.165) is 11.4 Å². The minimum absolute atomic E-state index is 0.236. The third-order valence-corrected chi connectivity index (χ3v) is 1.96. The molecule has 0 bridgehead atoms. The number of aryl methyl sites for hydroxylation is 1. The van der Waals surface area contributed by atoms with E-state index in [9.17, 15) is 4.79 Å². The number of hydrogen-bond acceptors (Lipinski definition) is 2. The second-order valence-electron chi connectivity index (χ2n) is 3.39. The molecule has 14 heavy (non-hydrogen) atoms. The van der Waals surface area contributed by atoms with Gasteiger partial charge in [0.1, 0.15) is 11.5 Å². The molecule has 0 amide bonds. The smallest absolute Gasteiger partial charge is 0.354 e. The summed E-state index contributed by atoms with van der Waals surface area (Å²) in [4.78, 5) is 14.8. The third kappa shape index (κ3) is 2.22. The highest BCUT2D eigenvalue weighted by molar-refractivity contribution is 5.85. The Balaban J connectivity index is 3.00. The molecule has 4 nitrogen and oxygen atoms in total. The van der Waals surface area contributed by atoms with Gasteiger partial charge in [-0.3, -0.25) is 0 Å². The molecule has 1 aromatic heterocycles. The van der Waals surface area contributed by atoms with E-state index >= 15 is 0 Å². The van der Waals surface area contributed by atoms with Gasteiger partial charge in [-0.15, -0.1) is 0 Å². The van der Waals surface area contributed by atoms with Gasteiger partial charge < -0.3 is 9.67 Å². The number of allylic oxidation sites excluding steroid dienone is 2. The Hall–Kier alpha value is -1.58. The van der Waals surface area contributed by atoms with Crippen LogP contribution in [-0.2, 0) is 6.54 Å². The average molecular weight is 194 g/mol. The van der Waals surface area contributed by atoms with Crippen molar-refractivity contribution in [1.29, 1.82) is 0 Å². The summed E-state index contributed by atoms with van der Waals surface area (Å²) in [5, 5.41) is 8.86. The lowest BCUT2D eigenvalue weighted by atomic mass is 10.3. The minimum atomic E-state index is -0.937. The van der Waals surface area contributed by atoms with Gasteiger partial charge in [0.15, 0.2) is 0 Å². The zero-order valence-electron chi connectivity index (χ0n) is 8.61. The lowest BCUT2D eigenvalue weighted by molar-refractivity contribution is 0.0685. The lowest BCUT2D eigenvalue weighted by Gasteiger charge is -2.04. The van der Waals surface area contributed by atoms with Gasteiger partial charge in [0.25, 0.3) is 0 Å². The number of carbonyl (C=O) groups is 1. The summed E-state index contributed by atoms with van der Waals surface area (Å²) in [6, 6.07) is 0. The predicted molar refractivity (Wildman–Crippen MR) is 53.4 cm³/mol. The molecule has 0 fully saturated rings. The minimum Gasteiger partial charge on any atom is -0.477 e. The first-order chi connectivity index (χ1) is 6.52. The summed E-state index contributed by atoms with van der Waals surface area (Å²) >= 11 is 0. The van der Waals surface area contributed by atoms with E-state index in [1.54, 1.807) is 11.5 Å². The Morgan fingerprint density at radius 1 is 1.64 bits per heavy atom. The van der Waals surface area contributed by atoms with Crippen molar-refractivity contribution in [1.82, 2.24) is 9.55 Å². The van der Waals surface area contributed by atoms with E-state index < -0.39 is 5.97 Å². The van der Waals surface area contributed by atoms with Crippen LogP contribution in [0.25, 0.3) is 0 Å².